The minimum Gasteiger partial charge on any atom is -0.481 e. The van der Waals surface area contributed by atoms with Gasteiger partial charge in [-0.3, -0.25) is 4.79 Å². The predicted molar refractivity (Wildman–Crippen MR) is 65.6 cm³/mol. The Morgan fingerprint density at radius 2 is 2.18 bits per heavy atom. The van der Waals surface area contributed by atoms with Gasteiger partial charge in [0.05, 0.1) is 17.3 Å². The standard InChI is InChI=1S/C11H11Cl2NO3/c12-6-3-7(9(14)8(13)4-6)11(10(15)16)1-2-17-5-11/h3-4H,1-2,5,14H2,(H,15,16). The van der Waals surface area contributed by atoms with Gasteiger partial charge >= 0.3 is 5.97 Å². The Bertz CT molecular complexity index is 470. The Morgan fingerprint density at radius 3 is 2.71 bits per heavy atom. The van der Waals surface area contributed by atoms with Crippen LogP contribution in [0.25, 0.3) is 0 Å². The van der Waals surface area contributed by atoms with Gasteiger partial charge in [-0.1, -0.05) is 23.2 Å². The number of benzene rings is 1. The number of carboxylic acids is 1. The summed E-state index contributed by atoms with van der Waals surface area (Å²) in [6.07, 6.45) is 0.364. The van der Waals surface area contributed by atoms with E-state index in [-0.39, 0.29) is 17.3 Å². The van der Waals surface area contributed by atoms with Gasteiger partial charge in [0.25, 0.3) is 0 Å². The van der Waals surface area contributed by atoms with E-state index in [1.807, 2.05) is 0 Å². The number of nitrogen functional groups attached to an aromatic ring is 1. The molecule has 17 heavy (non-hydrogen) atoms. The molecule has 4 nitrogen and oxygen atoms in total. The van der Waals surface area contributed by atoms with E-state index in [2.05, 4.69) is 0 Å². The lowest BCUT2D eigenvalue weighted by molar-refractivity contribution is -0.143. The molecular formula is C11H11Cl2NO3. The third-order valence-corrected chi connectivity index (χ3v) is 3.57. The molecule has 1 saturated heterocycles. The van der Waals surface area contributed by atoms with Crippen LogP contribution < -0.4 is 5.73 Å². The molecule has 0 bridgehead atoms. The van der Waals surface area contributed by atoms with Gasteiger partial charge in [-0.2, -0.15) is 0 Å². The fourth-order valence-electron chi connectivity index (χ4n) is 2.04. The first-order chi connectivity index (χ1) is 7.97. The number of rotatable bonds is 2. The van der Waals surface area contributed by atoms with Gasteiger partial charge in [0.1, 0.15) is 5.41 Å². The molecule has 6 heteroatoms. The Balaban J connectivity index is 2.62. The van der Waals surface area contributed by atoms with Crippen molar-refractivity contribution in [3.8, 4) is 0 Å². The second kappa shape index (κ2) is 4.37. The summed E-state index contributed by atoms with van der Waals surface area (Å²) < 4.78 is 5.19. The highest BCUT2D eigenvalue weighted by Crippen LogP contribution is 2.40. The van der Waals surface area contributed by atoms with Crippen molar-refractivity contribution in [2.45, 2.75) is 11.8 Å². The van der Waals surface area contributed by atoms with Crippen molar-refractivity contribution in [1.29, 1.82) is 0 Å². The van der Waals surface area contributed by atoms with E-state index in [9.17, 15) is 9.90 Å². The van der Waals surface area contributed by atoms with Crippen LogP contribution in [-0.4, -0.2) is 24.3 Å². The van der Waals surface area contributed by atoms with Crippen molar-refractivity contribution in [3.63, 3.8) is 0 Å². The van der Waals surface area contributed by atoms with E-state index in [1.165, 1.54) is 6.07 Å². The number of carbonyl (C=O) groups is 1. The average molecular weight is 276 g/mol. The summed E-state index contributed by atoms with van der Waals surface area (Å²) >= 11 is 11.8. The van der Waals surface area contributed by atoms with Crippen LogP contribution in [0.1, 0.15) is 12.0 Å². The molecule has 3 N–H and O–H groups in total. The Morgan fingerprint density at radius 1 is 1.47 bits per heavy atom. The fourth-order valence-corrected chi connectivity index (χ4v) is 2.54. The number of carboxylic acid groups (broad SMARTS) is 1. The zero-order valence-electron chi connectivity index (χ0n) is 8.87. The highest BCUT2D eigenvalue weighted by molar-refractivity contribution is 6.36. The maximum Gasteiger partial charge on any atom is 0.316 e. The maximum absolute atomic E-state index is 11.5. The van der Waals surface area contributed by atoms with Crippen molar-refractivity contribution in [2.24, 2.45) is 0 Å². The van der Waals surface area contributed by atoms with Crippen LogP contribution >= 0.6 is 23.2 Å². The molecule has 1 heterocycles. The lowest BCUT2D eigenvalue weighted by atomic mass is 9.79. The van der Waals surface area contributed by atoms with Gasteiger partial charge in [-0.05, 0) is 24.1 Å². The molecule has 1 fully saturated rings. The number of anilines is 1. The van der Waals surface area contributed by atoms with Crippen molar-refractivity contribution in [2.75, 3.05) is 18.9 Å². The van der Waals surface area contributed by atoms with Crippen LogP contribution in [-0.2, 0) is 14.9 Å². The highest BCUT2D eigenvalue weighted by Gasteiger charge is 2.45. The Hall–Kier alpha value is -0.970. The number of ether oxygens (including phenoxy) is 1. The SMILES string of the molecule is Nc1c(Cl)cc(Cl)cc1C1(C(=O)O)CCOC1. The predicted octanol–water partition coefficient (Wildman–Crippen LogP) is 2.32. The first-order valence-corrected chi connectivity index (χ1v) is 5.79. The minimum atomic E-state index is -1.14. The molecule has 0 radical (unpaired) electrons. The summed E-state index contributed by atoms with van der Waals surface area (Å²) in [5.41, 5.74) is 5.39. The van der Waals surface area contributed by atoms with Gasteiger partial charge < -0.3 is 15.6 Å². The quantitative estimate of drug-likeness (QED) is 0.813. The lowest BCUT2D eigenvalue weighted by Gasteiger charge is -2.25. The molecule has 0 aliphatic carbocycles. The first-order valence-electron chi connectivity index (χ1n) is 5.03. The van der Waals surface area contributed by atoms with Crippen LogP contribution in [0.4, 0.5) is 5.69 Å². The molecule has 0 saturated carbocycles. The minimum absolute atomic E-state index is 0.0865. The summed E-state index contributed by atoms with van der Waals surface area (Å²) in [4.78, 5) is 11.5. The maximum atomic E-state index is 11.5. The van der Waals surface area contributed by atoms with E-state index in [1.54, 1.807) is 6.07 Å². The van der Waals surface area contributed by atoms with Crippen LogP contribution in [0, 0.1) is 0 Å². The zero-order chi connectivity index (χ0) is 12.6. The third-order valence-electron chi connectivity index (χ3n) is 3.04. The van der Waals surface area contributed by atoms with Gasteiger partial charge in [-0.15, -0.1) is 0 Å². The van der Waals surface area contributed by atoms with Gasteiger partial charge in [0, 0.05) is 11.6 Å². The topological polar surface area (TPSA) is 72.6 Å². The molecule has 0 amide bonds. The molecule has 0 spiro atoms. The Labute approximate surface area is 108 Å². The van der Waals surface area contributed by atoms with Crippen molar-refractivity contribution >= 4 is 34.9 Å². The Kier molecular flexibility index (Phi) is 3.21. The molecule has 1 atom stereocenters. The molecule has 1 unspecified atom stereocenters. The second-order valence-electron chi connectivity index (χ2n) is 4.04. The van der Waals surface area contributed by atoms with Gasteiger partial charge in [-0.25, -0.2) is 0 Å². The van der Waals surface area contributed by atoms with Crippen molar-refractivity contribution < 1.29 is 14.6 Å². The summed E-state index contributed by atoms with van der Waals surface area (Å²) in [5.74, 6) is -0.972. The second-order valence-corrected chi connectivity index (χ2v) is 4.88. The van der Waals surface area contributed by atoms with Crippen LogP contribution in [0.15, 0.2) is 12.1 Å². The van der Waals surface area contributed by atoms with Crippen LogP contribution in [0.3, 0.4) is 0 Å². The van der Waals surface area contributed by atoms with E-state index in [0.29, 0.717) is 23.6 Å². The number of nitrogens with two attached hydrogens (primary N) is 1. The molecule has 0 aromatic heterocycles. The normalized spacial score (nSPS) is 23.9. The number of hydrogen-bond donors (Lipinski definition) is 2. The molecule has 1 aromatic carbocycles. The highest BCUT2D eigenvalue weighted by atomic mass is 35.5. The smallest absolute Gasteiger partial charge is 0.316 e. The number of halogens is 2. The zero-order valence-corrected chi connectivity index (χ0v) is 10.4. The van der Waals surface area contributed by atoms with Gasteiger partial charge in [0.2, 0.25) is 0 Å². The molecule has 2 rings (SSSR count). The third kappa shape index (κ3) is 1.97. The molecular weight excluding hydrogens is 265 g/mol. The van der Waals surface area contributed by atoms with Crippen molar-refractivity contribution in [1.82, 2.24) is 0 Å². The van der Waals surface area contributed by atoms with Crippen LogP contribution in [0.5, 0.6) is 0 Å². The van der Waals surface area contributed by atoms with Crippen LogP contribution in [0.2, 0.25) is 10.0 Å². The molecule has 1 aromatic rings. The summed E-state index contributed by atoms with van der Waals surface area (Å²) in [6, 6.07) is 3.04. The molecule has 1 aliphatic heterocycles. The summed E-state index contributed by atoms with van der Waals surface area (Å²) in [7, 11) is 0. The van der Waals surface area contributed by atoms with E-state index >= 15 is 0 Å². The van der Waals surface area contributed by atoms with Crippen molar-refractivity contribution in [3.05, 3.63) is 27.7 Å². The van der Waals surface area contributed by atoms with E-state index < -0.39 is 11.4 Å². The number of aliphatic carboxylic acids is 1. The average Bonchev–Trinajstić information content (AvgIpc) is 2.73. The molecule has 92 valence electrons. The summed E-state index contributed by atoms with van der Waals surface area (Å²) in [6.45, 7) is 0.471. The first kappa shape index (κ1) is 12.5. The van der Waals surface area contributed by atoms with E-state index in [4.69, 9.17) is 33.7 Å². The molecule has 1 aliphatic rings. The van der Waals surface area contributed by atoms with Gasteiger partial charge in [0.15, 0.2) is 0 Å². The van der Waals surface area contributed by atoms with E-state index in [0.717, 1.165) is 0 Å². The number of hydrogen-bond acceptors (Lipinski definition) is 3. The monoisotopic (exact) mass is 275 g/mol. The fraction of sp³-hybridized carbons (Fsp3) is 0.364. The largest absolute Gasteiger partial charge is 0.481 e. The summed E-state index contributed by atoms with van der Waals surface area (Å²) in [5, 5.41) is 10.0. The lowest BCUT2D eigenvalue weighted by Crippen LogP contribution is -2.37.